The van der Waals surface area contributed by atoms with Crippen LogP contribution < -0.4 is 20.9 Å². The summed E-state index contributed by atoms with van der Waals surface area (Å²) < 4.78 is 19.5. The van der Waals surface area contributed by atoms with Crippen LogP contribution in [-0.4, -0.2) is 30.5 Å². The monoisotopic (exact) mass is 332 g/mol. The minimum absolute atomic E-state index is 0.0434. The molecule has 1 fully saturated rings. The Bertz CT molecular complexity index is 870. The first kappa shape index (κ1) is 16.2. The predicted octanol–water partition coefficient (Wildman–Crippen LogP) is 1.80. The first-order valence-electron chi connectivity index (χ1n) is 7.69. The van der Waals surface area contributed by atoms with Crippen molar-refractivity contribution in [2.45, 2.75) is 25.8 Å². The molecule has 1 amide bonds. The number of carbonyl (C=O) groups excluding carboxylic acids is 1. The highest BCUT2D eigenvalue weighted by Crippen LogP contribution is 2.28. The quantitative estimate of drug-likeness (QED) is 0.864. The molecule has 0 bridgehead atoms. The second-order valence-electron chi connectivity index (χ2n) is 5.85. The molecule has 7 heteroatoms. The van der Waals surface area contributed by atoms with Gasteiger partial charge in [0.2, 0.25) is 0 Å². The van der Waals surface area contributed by atoms with Crippen LogP contribution in [0.2, 0.25) is 0 Å². The Hall–Kier alpha value is -2.70. The molecule has 3 rings (SSSR count). The molecule has 0 aromatic heterocycles. The molecule has 2 aromatic rings. The van der Waals surface area contributed by atoms with E-state index in [-0.39, 0.29) is 34.6 Å². The second kappa shape index (κ2) is 6.07. The minimum Gasteiger partial charge on any atom is -0.491 e. The Kier molecular flexibility index (Phi) is 4.09. The summed E-state index contributed by atoms with van der Waals surface area (Å²) >= 11 is 0. The molecule has 1 N–H and O–H groups in total. The molecule has 2 aromatic carbocycles. The van der Waals surface area contributed by atoms with Crippen molar-refractivity contribution >= 4 is 17.3 Å². The van der Waals surface area contributed by atoms with Crippen molar-refractivity contribution in [1.29, 1.82) is 0 Å². The van der Waals surface area contributed by atoms with Crippen molar-refractivity contribution in [2.75, 3.05) is 19.0 Å². The summed E-state index contributed by atoms with van der Waals surface area (Å²) in [6, 6.07) is 4.41. The van der Waals surface area contributed by atoms with Crippen molar-refractivity contribution in [1.82, 2.24) is 4.90 Å². The molecule has 126 valence electrons. The zero-order valence-electron chi connectivity index (χ0n) is 13.4. The fourth-order valence-electron chi connectivity index (χ4n) is 3.00. The Morgan fingerprint density at radius 2 is 2.08 bits per heavy atom. The van der Waals surface area contributed by atoms with Crippen LogP contribution >= 0.6 is 0 Å². The molecule has 6 nitrogen and oxygen atoms in total. The van der Waals surface area contributed by atoms with Gasteiger partial charge in [0, 0.05) is 12.6 Å². The number of nitrogens with one attached hydrogen (secondary N) is 1. The third-order valence-electron chi connectivity index (χ3n) is 4.37. The van der Waals surface area contributed by atoms with Gasteiger partial charge in [-0.05, 0) is 31.9 Å². The number of likely N-dealkylation sites (tertiary alicyclic amines) is 1. The van der Waals surface area contributed by atoms with E-state index in [1.54, 1.807) is 4.90 Å². The molecule has 1 heterocycles. The SMILES string of the molecule is COc1c(Nc2cccc(C(=O)N3CCC[C@H]3C)c2F)c(=O)c1=O. The summed E-state index contributed by atoms with van der Waals surface area (Å²) in [6.45, 7) is 2.53. The summed E-state index contributed by atoms with van der Waals surface area (Å²) in [5.41, 5.74) is -1.72. The molecule has 1 aliphatic heterocycles. The Morgan fingerprint density at radius 1 is 1.33 bits per heavy atom. The molecule has 1 saturated heterocycles. The summed E-state index contributed by atoms with van der Waals surface area (Å²) in [6.07, 6.45) is 1.79. The summed E-state index contributed by atoms with van der Waals surface area (Å²) in [4.78, 5) is 37.1. The van der Waals surface area contributed by atoms with Gasteiger partial charge in [-0.25, -0.2) is 4.39 Å². The molecule has 1 aliphatic rings. The molecule has 0 radical (unpaired) electrons. The number of carbonyl (C=O) groups is 1. The summed E-state index contributed by atoms with van der Waals surface area (Å²) in [5, 5.41) is 2.56. The zero-order valence-corrected chi connectivity index (χ0v) is 13.4. The largest absolute Gasteiger partial charge is 0.491 e. The van der Waals surface area contributed by atoms with Crippen molar-refractivity contribution in [2.24, 2.45) is 0 Å². The van der Waals surface area contributed by atoms with Gasteiger partial charge >= 0.3 is 0 Å². The van der Waals surface area contributed by atoms with Crippen LogP contribution in [0.3, 0.4) is 0 Å². The average Bonchev–Trinajstić information content (AvgIpc) is 3.01. The lowest BCUT2D eigenvalue weighted by Crippen LogP contribution is -2.35. The van der Waals surface area contributed by atoms with Crippen LogP contribution in [0.1, 0.15) is 30.1 Å². The van der Waals surface area contributed by atoms with E-state index < -0.39 is 16.7 Å². The number of nitrogens with zero attached hydrogens (tertiary/aromatic N) is 1. The van der Waals surface area contributed by atoms with Crippen LogP contribution in [-0.2, 0) is 0 Å². The van der Waals surface area contributed by atoms with E-state index in [2.05, 4.69) is 5.32 Å². The minimum atomic E-state index is -0.767. The standard InChI is InChI=1S/C17H17FN2O4/c1-9-5-4-8-20(9)17(23)10-6-3-7-11(12(10)18)19-13-14(21)15(22)16(13)24-2/h3,6-7,9,19H,4-5,8H2,1-2H3/t9-/m1/s1. The topological polar surface area (TPSA) is 75.7 Å². The van der Waals surface area contributed by atoms with E-state index in [1.165, 1.54) is 25.3 Å². The van der Waals surface area contributed by atoms with Gasteiger partial charge in [-0.3, -0.25) is 14.4 Å². The number of amides is 1. The van der Waals surface area contributed by atoms with Gasteiger partial charge in [0.25, 0.3) is 16.8 Å². The highest BCUT2D eigenvalue weighted by atomic mass is 19.1. The normalized spacial score (nSPS) is 17.3. The van der Waals surface area contributed by atoms with E-state index in [0.29, 0.717) is 6.54 Å². The number of halogens is 1. The smallest absolute Gasteiger partial charge is 0.272 e. The molecule has 0 aliphatic carbocycles. The predicted molar refractivity (Wildman–Crippen MR) is 87.3 cm³/mol. The van der Waals surface area contributed by atoms with Crippen LogP contribution in [0.25, 0.3) is 0 Å². The van der Waals surface area contributed by atoms with E-state index in [0.717, 1.165) is 12.8 Å². The Balaban J connectivity index is 1.91. The van der Waals surface area contributed by atoms with Gasteiger partial charge in [0.1, 0.15) is 5.69 Å². The van der Waals surface area contributed by atoms with Gasteiger partial charge in [0.15, 0.2) is 11.6 Å². The molecule has 1 atom stereocenters. The van der Waals surface area contributed by atoms with Crippen LogP contribution in [0.5, 0.6) is 5.75 Å². The maximum atomic E-state index is 14.7. The number of rotatable bonds is 4. The fourth-order valence-corrected chi connectivity index (χ4v) is 3.00. The number of anilines is 2. The third-order valence-corrected chi connectivity index (χ3v) is 4.37. The number of hydrogen-bond acceptors (Lipinski definition) is 5. The van der Waals surface area contributed by atoms with E-state index in [1.807, 2.05) is 6.92 Å². The van der Waals surface area contributed by atoms with Crippen molar-refractivity contribution in [3.63, 3.8) is 0 Å². The Morgan fingerprint density at radius 3 is 2.71 bits per heavy atom. The fraction of sp³-hybridized carbons (Fsp3) is 0.353. The number of benzene rings is 1. The van der Waals surface area contributed by atoms with Gasteiger partial charge < -0.3 is 15.0 Å². The van der Waals surface area contributed by atoms with E-state index in [4.69, 9.17) is 4.74 Å². The van der Waals surface area contributed by atoms with Crippen molar-refractivity contribution in [3.8, 4) is 5.75 Å². The lowest BCUT2D eigenvalue weighted by molar-refractivity contribution is 0.0743. The number of methoxy groups -OCH3 is 1. The van der Waals surface area contributed by atoms with E-state index in [9.17, 15) is 18.8 Å². The first-order chi connectivity index (χ1) is 11.5. The molecular formula is C17H17FN2O4. The summed E-state index contributed by atoms with van der Waals surface area (Å²) in [5.74, 6) is -1.26. The highest BCUT2D eigenvalue weighted by Gasteiger charge is 2.29. The van der Waals surface area contributed by atoms with E-state index >= 15 is 0 Å². The lowest BCUT2D eigenvalue weighted by Gasteiger charge is -2.22. The first-order valence-corrected chi connectivity index (χ1v) is 7.69. The molecule has 0 unspecified atom stereocenters. The van der Waals surface area contributed by atoms with Crippen molar-refractivity contribution in [3.05, 3.63) is 50.0 Å². The van der Waals surface area contributed by atoms with Crippen LogP contribution in [0.4, 0.5) is 15.8 Å². The molecule has 0 spiro atoms. The second-order valence-corrected chi connectivity index (χ2v) is 5.85. The van der Waals surface area contributed by atoms with Crippen molar-refractivity contribution < 1.29 is 13.9 Å². The molecular weight excluding hydrogens is 315 g/mol. The third kappa shape index (κ3) is 2.46. The number of ether oxygens (including phenoxy) is 1. The van der Waals surface area contributed by atoms with Crippen LogP contribution in [0, 0.1) is 5.82 Å². The van der Waals surface area contributed by atoms with Gasteiger partial charge in [-0.1, -0.05) is 6.07 Å². The maximum Gasteiger partial charge on any atom is 0.272 e. The van der Waals surface area contributed by atoms with Crippen LogP contribution in [0.15, 0.2) is 27.8 Å². The van der Waals surface area contributed by atoms with Gasteiger partial charge in [0.05, 0.1) is 18.4 Å². The molecule has 24 heavy (non-hydrogen) atoms. The number of hydrogen-bond donors (Lipinski definition) is 1. The maximum absolute atomic E-state index is 14.7. The van der Waals surface area contributed by atoms with Gasteiger partial charge in [-0.2, -0.15) is 0 Å². The van der Waals surface area contributed by atoms with Gasteiger partial charge in [-0.15, -0.1) is 0 Å². The summed E-state index contributed by atoms with van der Waals surface area (Å²) in [7, 11) is 1.26. The average molecular weight is 332 g/mol. The Labute approximate surface area is 137 Å². The molecule has 0 saturated carbocycles. The lowest BCUT2D eigenvalue weighted by atomic mass is 10.1. The highest BCUT2D eigenvalue weighted by molar-refractivity contribution is 5.96. The zero-order chi connectivity index (χ0) is 17.4.